The molecule has 2 aromatic carbocycles. The molecule has 0 unspecified atom stereocenters. The van der Waals surface area contributed by atoms with Gasteiger partial charge in [-0.1, -0.05) is 0 Å². The first kappa shape index (κ1) is 31.1. The molecule has 0 fully saturated rings. The van der Waals surface area contributed by atoms with Crippen molar-refractivity contribution >= 4 is 97.2 Å². The zero-order valence-corrected chi connectivity index (χ0v) is 26.0. The second-order valence-electron chi connectivity index (χ2n) is 5.19. The van der Waals surface area contributed by atoms with E-state index >= 15 is 0 Å². The molecule has 13 heteroatoms. The average molecular weight is 997 g/mol. The van der Waals surface area contributed by atoms with Crippen LogP contribution in [-0.2, 0) is 0 Å². The fourth-order valence-electron chi connectivity index (χ4n) is 2.02. The topological polar surface area (TPSA) is 105 Å². The smallest absolute Gasteiger partial charge is 0.371 e. The number of carboxylic acid groups (broad SMARTS) is 1. The number of hydrogen-bond acceptors (Lipinski definition) is 5. The van der Waals surface area contributed by atoms with Crippen molar-refractivity contribution in [1.29, 1.82) is 0 Å². The molecule has 0 aliphatic heterocycles. The third-order valence-electron chi connectivity index (χ3n) is 3.24. The van der Waals surface area contributed by atoms with Crippen LogP contribution in [0, 0.1) is 11.6 Å². The van der Waals surface area contributed by atoms with E-state index in [9.17, 15) is 23.2 Å². The number of fused-ring (bicyclic) bond motifs is 1. The molecule has 2 N–H and O–H groups in total. The van der Waals surface area contributed by atoms with Crippen LogP contribution in [0.25, 0.3) is 11.0 Å². The predicted molar refractivity (Wildman–Crippen MR) is 144 cm³/mol. The summed E-state index contributed by atoms with van der Waals surface area (Å²) in [5, 5.41) is 17.7. The average Bonchev–Trinajstić information content (AvgIpc) is 2.72. The van der Waals surface area contributed by atoms with Gasteiger partial charge in [-0.25, -0.2) is 13.6 Å². The number of halogens is 7. The number of rotatable bonds is 2. The summed E-state index contributed by atoms with van der Waals surface area (Å²) in [6, 6.07) is 7.41. The van der Waals surface area contributed by atoms with Crippen molar-refractivity contribution in [3.05, 3.63) is 75.6 Å². The molecule has 1 heterocycles. The molecule has 1 aromatic heterocycles. The fraction of sp³-hybridized carbons (Fsp3) is 0.0556. The number of Topliss-reactive ketones (excluding diaryl/α,β-unsaturated/α-hetero) is 1. The van der Waals surface area contributed by atoms with Gasteiger partial charge in [0.05, 0.1) is 10.9 Å². The van der Waals surface area contributed by atoms with Gasteiger partial charge < -0.3 is 14.6 Å². The van der Waals surface area contributed by atoms with Crippen LogP contribution < -0.4 is 18.7 Å². The van der Waals surface area contributed by atoms with Gasteiger partial charge in [0.2, 0.25) is 5.76 Å². The standard InChI is InChI=1S/C10H5FO4.C8H7FO2.I3.I2/c11-5-1-2-8-6(3-5)7(12)4-9(15-8)10(13)14;1-5(10)7-4-6(9)2-3-8(7)11;1-3-2;1-2/h1-4H,(H,13,14);2-4,11H,1H3;;/q;;-1;. The van der Waals surface area contributed by atoms with E-state index in [1.807, 2.05) is 0 Å². The molecular weight excluding hydrogens is 985 g/mol. The van der Waals surface area contributed by atoms with Gasteiger partial charge in [-0.3, -0.25) is 9.59 Å². The molecule has 170 valence electrons. The first-order chi connectivity index (χ1) is 14.6. The first-order valence-electron chi connectivity index (χ1n) is 7.58. The normalized spacial score (nSPS) is 9.39. The van der Waals surface area contributed by atoms with E-state index in [2.05, 4.69) is 74.5 Å². The van der Waals surface area contributed by atoms with Gasteiger partial charge in [-0.15, -0.1) is 0 Å². The van der Waals surface area contributed by atoms with Crippen molar-refractivity contribution in [2.75, 3.05) is 0 Å². The Morgan fingerprint density at radius 3 is 2.00 bits per heavy atom. The predicted octanol–water partition coefficient (Wildman–Crippen LogP) is 3.91. The maximum absolute atomic E-state index is 12.8. The van der Waals surface area contributed by atoms with Crippen LogP contribution in [0.3, 0.4) is 0 Å². The van der Waals surface area contributed by atoms with E-state index in [1.165, 1.54) is 13.0 Å². The van der Waals surface area contributed by atoms with Crippen LogP contribution in [0.5, 0.6) is 5.75 Å². The maximum atomic E-state index is 12.8. The number of ketones is 1. The van der Waals surface area contributed by atoms with Gasteiger partial charge in [-0.2, -0.15) is 0 Å². The molecule has 31 heavy (non-hydrogen) atoms. The molecule has 0 aliphatic rings. The number of carbonyl (C=O) groups excluding carboxylic acids is 1. The van der Waals surface area contributed by atoms with Gasteiger partial charge in [0.15, 0.2) is 11.2 Å². The van der Waals surface area contributed by atoms with Crippen LogP contribution >= 0.6 is 74.5 Å². The Balaban J connectivity index is 0.000000497. The van der Waals surface area contributed by atoms with E-state index in [4.69, 9.17) is 14.6 Å². The summed E-state index contributed by atoms with van der Waals surface area (Å²) in [7, 11) is 0. The summed E-state index contributed by atoms with van der Waals surface area (Å²) >= 11 is 9.54. The van der Waals surface area contributed by atoms with E-state index in [0.717, 1.165) is 36.4 Å². The van der Waals surface area contributed by atoms with Crippen LogP contribution in [0.2, 0.25) is 0 Å². The Labute approximate surface area is 228 Å². The molecule has 0 amide bonds. The van der Waals surface area contributed by atoms with Gasteiger partial charge in [0.25, 0.3) is 0 Å². The van der Waals surface area contributed by atoms with Crippen molar-refractivity contribution in [3.63, 3.8) is 0 Å². The van der Waals surface area contributed by atoms with Gasteiger partial charge in [0, 0.05) is 43.3 Å². The van der Waals surface area contributed by atoms with Crippen molar-refractivity contribution < 1.29 is 46.3 Å². The molecule has 0 bridgehead atoms. The Morgan fingerprint density at radius 1 is 1.00 bits per heavy atom. The SMILES string of the molecule is CC(=O)c1cc(F)ccc1O.II.I[I-]I.O=C(O)c1cc(=O)c2cc(F)ccc2o1. The summed E-state index contributed by atoms with van der Waals surface area (Å²) in [4.78, 5) is 32.6. The molecular formula is C18H12F2I5O6-. The largest absolute Gasteiger partial charge is 0.475 e. The zero-order chi connectivity index (χ0) is 24.1. The molecule has 0 saturated carbocycles. The molecule has 0 atom stereocenters. The number of phenolic OH excluding ortho intramolecular Hbond substituents is 1. The third-order valence-corrected chi connectivity index (χ3v) is 3.24. The Morgan fingerprint density at radius 2 is 1.52 bits per heavy atom. The van der Waals surface area contributed by atoms with Crippen LogP contribution in [0.1, 0.15) is 27.8 Å². The first-order valence-corrected chi connectivity index (χ1v) is 26.4. The number of hydrogen-bond donors (Lipinski definition) is 2. The summed E-state index contributed by atoms with van der Waals surface area (Å²) in [5.41, 5.74) is -0.501. The molecule has 0 aliphatic carbocycles. The van der Waals surface area contributed by atoms with Crippen molar-refractivity contribution in [3.8, 4) is 5.75 Å². The zero-order valence-electron chi connectivity index (χ0n) is 15.2. The minimum Gasteiger partial charge on any atom is -0.475 e. The van der Waals surface area contributed by atoms with Crippen LogP contribution in [0.15, 0.2) is 51.7 Å². The molecule has 0 radical (unpaired) electrons. The minimum atomic E-state index is -1.33. The fourth-order valence-corrected chi connectivity index (χ4v) is 2.02. The second kappa shape index (κ2) is 16.7. The number of carbonyl (C=O) groups is 2. The monoisotopic (exact) mass is 997 g/mol. The number of aromatic carboxylic acids is 1. The van der Waals surface area contributed by atoms with Crippen molar-refractivity contribution in [2.24, 2.45) is 0 Å². The number of carboxylic acids is 1. The summed E-state index contributed by atoms with van der Waals surface area (Å²) in [6.07, 6.45) is 0. The molecule has 3 aromatic rings. The molecule has 0 saturated heterocycles. The van der Waals surface area contributed by atoms with Gasteiger partial charge >= 0.3 is 56.5 Å². The quantitative estimate of drug-likeness (QED) is 0.299. The van der Waals surface area contributed by atoms with E-state index in [0.29, 0.717) is 13.3 Å². The molecule has 6 nitrogen and oxygen atoms in total. The molecule has 3 rings (SSSR count). The number of phenols is 1. The second-order valence-corrected chi connectivity index (χ2v) is 21.4. The van der Waals surface area contributed by atoms with Gasteiger partial charge in [-0.05, 0) is 43.3 Å². The minimum absolute atomic E-state index is 0.0185. The van der Waals surface area contributed by atoms with E-state index < -0.39 is 28.8 Å². The third kappa shape index (κ3) is 11.2. The maximum Gasteiger partial charge on any atom is 0.371 e. The summed E-state index contributed by atoms with van der Waals surface area (Å²) in [5.74, 6) is -3.41. The summed E-state index contributed by atoms with van der Waals surface area (Å²) in [6.45, 7) is 1.27. The van der Waals surface area contributed by atoms with Crippen LogP contribution in [0.4, 0.5) is 8.78 Å². The van der Waals surface area contributed by atoms with Gasteiger partial charge in [0.1, 0.15) is 23.0 Å². The van der Waals surface area contributed by atoms with E-state index in [-0.39, 0.29) is 28.1 Å². The van der Waals surface area contributed by atoms with Crippen LogP contribution in [-0.4, -0.2) is 22.0 Å². The van der Waals surface area contributed by atoms with Crippen molar-refractivity contribution in [2.45, 2.75) is 6.92 Å². The number of aromatic hydroxyl groups is 1. The Bertz CT molecular complexity index is 1090. The van der Waals surface area contributed by atoms with E-state index in [1.54, 1.807) is 0 Å². The molecule has 0 spiro atoms. The Hall–Kier alpha value is 0.1000. The van der Waals surface area contributed by atoms with Crippen molar-refractivity contribution in [1.82, 2.24) is 0 Å². The Kier molecular flexibility index (Phi) is 16.7. The number of benzene rings is 2. The summed E-state index contributed by atoms with van der Waals surface area (Å²) < 4.78 is 30.1.